The highest BCUT2D eigenvalue weighted by Gasteiger charge is 2.30. The number of rotatable bonds is 4. The Hall–Kier alpha value is -2.80. The van der Waals surface area contributed by atoms with Gasteiger partial charge in [-0.1, -0.05) is 18.2 Å². The lowest BCUT2D eigenvalue weighted by molar-refractivity contribution is 0.0983. The molecule has 1 aliphatic heterocycles. The Balaban J connectivity index is 1.51. The van der Waals surface area contributed by atoms with E-state index in [1.54, 1.807) is 4.90 Å². The Kier molecular flexibility index (Phi) is 4.15. The standard InChI is InChI=1S/C18H14FN3O2S/c19-12-6-7-15(20-10-12)22-9-8-14-17(18(22)23)25-16(21-14)11-24-13-4-2-1-3-5-13/h1-7,10H,8-9,11H2. The maximum absolute atomic E-state index is 13.0. The first kappa shape index (κ1) is 15.7. The second-order valence-electron chi connectivity index (χ2n) is 5.53. The monoisotopic (exact) mass is 355 g/mol. The smallest absolute Gasteiger partial charge is 0.271 e. The van der Waals surface area contributed by atoms with E-state index in [0.29, 0.717) is 30.3 Å². The highest BCUT2D eigenvalue weighted by atomic mass is 32.1. The number of para-hydroxylation sites is 1. The number of thiazole rings is 1. The van der Waals surface area contributed by atoms with Crippen molar-refractivity contribution in [3.05, 3.63) is 70.1 Å². The van der Waals surface area contributed by atoms with E-state index >= 15 is 0 Å². The van der Waals surface area contributed by atoms with Gasteiger partial charge in [-0.3, -0.25) is 9.69 Å². The summed E-state index contributed by atoms with van der Waals surface area (Å²) >= 11 is 1.34. The van der Waals surface area contributed by atoms with Gasteiger partial charge in [0.1, 0.15) is 33.9 Å². The third-order valence-corrected chi connectivity index (χ3v) is 4.91. The first-order valence-electron chi connectivity index (χ1n) is 7.80. The number of carbonyl (C=O) groups is 1. The molecule has 4 rings (SSSR count). The lowest BCUT2D eigenvalue weighted by Crippen LogP contribution is -2.37. The van der Waals surface area contributed by atoms with Crippen molar-refractivity contribution in [3.8, 4) is 5.75 Å². The van der Waals surface area contributed by atoms with Crippen LogP contribution in [0.2, 0.25) is 0 Å². The van der Waals surface area contributed by atoms with Crippen LogP contribution in [-0.4, -0.2) is 22.4 Å². The molecule has 126 valence electrons. The van der Waals surface area contributed by atoms with Crippen LogP contribution in [0.3, 0.4) is 0 Å². The van der Waals surface area contributed by atoms with Crippen molar-refractivity contribution in [3.63, 3.8) is 0 Å². The number of amides is 1. The molecule has 0 unspecified atom stereocenters. The first-order chi connectivity index (χ1) is 12.2. The Morgan fingerprint density at radius 1 is 1.20 bits per heavy atom. The maximum Gasteiger partial charge on any atom is 0.271 e. The number of halogens is 1. The predicted molar refractivity (Wildman–Crippen MR) is 92.5 cm³/mol. The molecule has 0 saturated heterocycles. The number of hydrogen-bond donors (Lipinski definition) is 0. The van der Waals surface area contributed by atoms with Crippen LogP contribution in [0.25, 0.3) is 0 Å². The van der Waals surface area contributed by atoms with Crippen molar-refractivity contribution in [2.75, 3.05) is 11.4 Å². The van der Waals surface area contributed by atoms with Crippen LogP contribution in [0, 0.1) is 5.82 Å². The van der Waals surface area contributed by atoms with E-state index in [0.717, 1.165) is 22.6 Å². The number of fused-ring (bicyclic) bond motifs is 1. The minimum absolute atomic E-state index is 0.149. The highest BCUT2D eigenvalue weighted by molar-refractivity contribution is 7.14. The molecule has 3 aromatic rings. The average Bonchev–Trinajstić information content (AvgIpc) is 3.06. The molecule has 2 aromatic heterocycles. The molecule has 0 saturated carbocycles. The number of anilines is 1. The number of ether oxygens (including phenoxy) is 1. The van der Waals surface area contributed by atoms with Crippen molar-refractivity contribution >= 4 is 23.1 Å². The van der Waals surface area contributed by atoms with Crippen molar-refractivity contribution < 1.29 is 13.9 Å². The summed E-state index contributed by atoms with van der Waals surface area (Å²) in [7, 11) is 0. The minimum Gasteiger partial charge on any atom is -0.486 e. The molecule has 0 N–H and O–H groups in total. The summed E-state index contributed by atoms with van der Waals surface area (Å²) in [5.41, 5.74) is 0.792. The second kappa shape index (κ2) is 6.60. The fraction of sp³-hybridized carbons (Fsp3) is 0.167. The number of aromatic nitrogens is 2. The van der Waals surface area contributed by atoms with Gasteiger partial charge in [0.15, 0.2) is 0 Å². The van der Waals surface area contributed by atoms with Gasteiger partial charge in [-0.05, 0) is 24.3 Å². The molecule has 0 bridgehead atoms. The number of hydrogen-bond acceptors (Lipinski definition) is 5. The number of benzene rings is 1. The summed E-state index contributed by atoms with van der Waals surface area (Å²) in [6, 6.07) is 12.3. The van der Waals surface area contributed by atoms with Gasteiger partial charge in [0.05, 0.1) is 11.9 Å². The van der Waals surface area contributed by atoms with Crippen molar-refractivity contribution in [2.45, 2.75) is 13.0 Å². The quantitative estimate of drug-likeness (QED) is 0.719. The van der Waals surface area contributed by atoms with Crippen molar-refractivity contribution in [1.29, 1.82) is 0 Å². The second-order valence-corrected chi connectivity index (χ2v) is 6.61. The summed E-state index contributed by atoms with van der Waals surface area (Å²) in [6.07, 6.45) is 1.76. The molecule has 0 spiro atoms. The Morgan fingerprint density at radius 2 is 2.04 bits per heavy atom. The molecule has 25 heavy (non-hydrogen) atoms. The summed E-state index contributed by atoms with van der Waals surface area (Å²) < 4.78 is 18.7. The van der Waals surface area contributed by atoms with Crippen LogP contribution < -0.4 is 9.64 Å². The lowest BCUT2D eigenvalue weighted by Gasteiger charge is -2.24. The third-order valence-electron chi connectivity index (χ3n) is 3.85. The predicted octanol–water partition coefficient (Wildman–Crippen LogP) is 3.46. The Morgan fingerprint density at radius 3 is 2.80 bits per heavy atom. The third kappa shape index (κ3) is 3.23. The highest BCUT2D eigenvalue weighted by Crippen LogP contribution is 2.28. The molecule has 0 fully saturated rings. The van der Waals surface area contributed by atoms with Crippen LogP contribution in [0.15, 0.2) is 48.7 Å². The summed E-state index contributed by atoms with van der Waals surface area (Å²) in [4.78, 5) is 23.4. The fourth-order valence-corrected chi connectivity index (χ4v) is 3.62. The molecule has 7 heteroatoms. The Labute approximate surface area is 147 Å². The fourth-order valence-electron chi connectivity index (χ4n) is 2.65. The molecule has 0 aliphatic carbocycles. The number of carbonyl (C=O) groups excluding carboxylic acids is 1. The van der Waals surface area contributed by atoms with Gasteiger partial charge in [-0.25, -0.2) is 14.4 Å². The van der Waals surface area contributed by atoms with Crippen LogP contribution in [0.1, 0.15) is 20.4 Å². The zero-order valence-corrected chi connectivity index (χ0v) is 14.0. The van der Waals surface area contributed by atoms with Crippen molar-refractivity contribution in [2.24, 2.45) is 0 Å². The molecule has 3 heterocycles. The first-order valence-corrected chi connectivity index (χ1v) is 8.62. The maximum atomic E-state index is 13.0. The van der Waals surface area contributed by atoms with Crippen LogP contribution >= 0.6 is 11.3 Å². The molecule has 0 radical (unpaired) electrons. The van der Waals surface area contributed by atoms with E-state index in [1.165, 1.54) is 23.5 Å². The molecular formula is C18H14FN3O2S. The molecule has 1 aliphatic rings. The summed E-state index contributed by atoms with van der Waals surface area (Å²) in [6.45, 7) is 0.803. The van der Waals surface area contributed by atoms with Gasteiger partial charge in [-0.15, -0.1) is 11.3 Å². The zero-order chi connectivity index (χ0) is 17.2. The molecular weight excluding hydrogens is 341 g/mol. The zero-order valence-electron chi connectivity index (χ0n) is 13.2. The van der Waals surface area contributed by atoms with Gasteiger partial charge in [0.25, 0.3) is 5.91 Å². The van der Waals surface area contributed by atoms with E-state index in [2.05, 4.69) is 9.97 Å². The van der Waals surface area contributed by atoms with E-state index in [9.17, 15) is 9.18 Å². The SMILES string of the molecule is O=C1c2sc(COc3ccccc3)nc2CCN1c1ccc(F)cn1. The van der Waals surface area contributed by atoms with Gasteiger partial charge < -0.3 is 4.74 Å². The topological polar surface area (TPSA) is 55.3 Å². The molecule has 1 amide bonds. The van der Waals surface area contributed by atoms with E-state index < -0.39 is 5.82 Å². The van der Waals surface area contributed by atoms with Gasteiger partial charge in [0.2, 0.25) is 0 Å². The van der Waals surface area contributed by atoms with E-state index in [-0.39, 0.29) is 5.91 Å². The molecule has 5 nitrogen and oxygen atoms in total. The van der Waals surface area contributed by atoms with Crippen molar-refractivity contribution in [1.82, 2.24) is 9.97 Å². The lowest BCUT2D eigenvalue weighted by atomic mass is 10.1. The van der Waals surface area contributed by atoms with Crippen LogP contribution in [-0.2, 0) is 13.0 Å². The minimum atomic E-state index is -0.424. The largest absolute Gasteiger partial charge is 0.486 e. The van der Waals surface area contributed by atoms with Gasteiger partial charge in [0, 0.05) is 13.0 Å². The van der Waals surface area contributed by atoms with Crippen LogP contribution in [0.4, 0.5) is 10.2 Å². The van der Waals surface area contributed by atoms with E-state index in [1.807, 2.05) is 30.3 Å². The van der Waals surface area contributed by atoms with Gasteiger partial charge in [-0.2, -0.15) is 0 Å². The molecule has 0 atom stereocenters. The van der Waals surface area contributed by atoms with Crippen LogP contribution in [0.5, 0.6) is 5.75 Å². The van der Waals surface area contributed by atoms with Gasteiger partial charge >= 0.3 is 0 Å². The summed E-state index contributed by atoms with van der Waals surface area (Å²) in [5.74, 6) is 0.641. The Bertz CT molecular complexity index is 896. The molecule has 1 aromatic carbocycles. The van der Waals surface area contributed by atoms with E-state index in [4.69, 9.17) is 4.74 Å². The summed E-state index contributed by atoms with van der Waals surface area (Å²) in [5, 5.41) is 0.760. The average molecular weight is 355 g/mol. The number of pyridine rings is 1. The normalized spacial score (nSPS) is 13.6. The number of nitrogens with zero attached hydrogens (tertiary/aromatic N) is 3.